The van der Waals surface area contributed by atoms with E-state index in [0.29, 0.717) is 42.5 Å². The summed E-state index contributed by atoms with van der Waals surface area (Å²) in [6.45, 7) is 0. The van der Waals surface area contributed by atoms with E-state index in [0.717, 1.165) is 36.4 Å². The maximum absolute atomic E-state index is 13.2. The molecule has 9 aromatic rings. The normalized spacial score (nSPS) is 13.6. The van der Waals surface area contributed by atoms with E-state index in [-0.39, 0.29) is 41.7 Å². The summed E-state index contributed by atoms with van der Waals surface area (Å²) in [7, 11) is -50.0. The number of phenolic OH excluding ortho intramolecular Hbond substituents is 3. The van der Waals surface area contributed by atoms with E-state index in [1.54, 1.807) is 0 Å². The van der Waals surface area contributed by atoms with Crippen LogP contribution in [0.3, 0.4) is 0 Å². The molecule has 0 aliphatic rings. The van der Waals surface area contributed by atoms with E-state index in [9.17, 15) is 142 Å². The van der Waals surface area contributed by atoms with Crippen molar-refractivity contribution in [3.8, 4) is 17.2 Å². The SMILES string of the molecule is Nc1c(N=Nc2ccc3c(O)c(N=Nc4ccc5c(O)c(N=Nc6ccc(N=Nc7ccc(S(=O)(=O)O)cc7)cc6S(=O)(=O)O)c(S(=O)(=O)O)cc5c4S(=O)(=O)O)c(S(=O)(=O)O)cc3c2S(=O)(=O)O)cc(S(=O)(=O)O)c2cc(S(=O)(=O)O)c(N=Nc3ccc(S(=O)(=O)O)cc3[N+](=O)[O-])c(O)c12. The second-order valence-electron chi connectivity index (χ2n) is 19.8. The number of nitrogen functional groups attached to an aromatic ring is 1. The first-order valence-corrected chi connectivity index (χ1v) is 38.4. The molecular weight excluding hydrogens is 1550 g/mol. The molecule has 0 saturated heterocycles. The van der Waals surface area contributed by atoms with Crippen LogP contribution in [0.5, 0.6) is 17.2 Å². The maximum atomic E-state index is 13.2. The van der Waals surface area contributed by atoms with Crippen molar-refractivity contribution >= 4 is 192 Å². The average molecular weight is 1580 g/mol. The minimum absolute atomic E-state index is 0.0528. The van der Waals surface area contributed by atoms with Crippen LogP contribution in [0.2, 0.25) is 0 Å². The highest BCUT2D eigenvalue weighted by atomic mass is 32.3. The van der Waals surface area contributed by atoms with Crippen LogP contribution in [0.15, 0.2) is 204 Å². The van der Waals surface area contributed by atoms with Gasteiger partial charge in [0.05, 0.1) is 32.3 Å². The number of aromatic hydroxyl groups is 3. The Morgan fingerprint density at radius 1 is 0.307 bits per heavy atom. The van der Waals surface area contributed by atoms with Crippen molar-refractivity contribution in [3.05, 3.63) is 119 Å². The summed E-state index contributed by atoms with van der Waals surface area (Å²) in [6, 6.07) is 11.0. The van der Waals surface area contributed by atoms with E-state index in [2.05, 4.69) is 51.1 Å². The molecule has 0 aliphatic carbocycles. The molecular formula is C48H32N12O32S9. The highest BCUT2D eigenvalue weighted by Gasteiger charge is 2.34. The number of nitrogens with zero attached hydrogens (tertiary/aromatic N) is 11. The lowest BCUT2D eigenvalue weighted by atomic mass is 10.0. The predicted octanol–water partition coefficient (Wildman–Crippen LogP) is 9.05. The lowest BCUT2D eigenvalue weighted by molar-refractivity contribution is -0.384. The predicted molar refractivity (Wildman–Crippen MR) is 336 cm³/mol. The molecule has 9 aromatic carbocycles. The number of nitro benzene ring substituents is 1. The molecule has 0 saturated carbocycles. The van der Waals surface area contributed by atoms with Crippen molar-refractivity contribution in [2.45, 2.75) is 44.1 Å². The Balaban J connectivity index is 1.15. The molecule has 530 valence electrons. The van der Waals surface area contributed by atoms with E-state index in [1.165, 1.54) is 0 Å². The van der Waals surface area contributed by atoms with E-state index in [1.807, 2.05) is 0 Å². The van der Waals surface area contributed by atoms with Gasteiger partial charge in [0.2, 0.25) is 0 Å². The van der Waals surface area contributed by atoms with Crippen molar-refractivity contribution in [1.82, 2.24) is 0 Å². The van der Waals surface area contributed by atoms with Gasteiger partial charge in [0.1, 0.15) is 79.0 Å². The average Bonchev–Trinajstić information content (AvgIpc) is 0.747. The van der Waals surface area contributed by atoms with Crippen LogP contribution >= 0.6 is 0 Å². The number of rotatable bonds is 20. The van der Waals surface area contributed by atoms with Gasteiger partial charge in [-0.1, -0.05) is 0 Å². The summed E-state index contributed by atoms with van der Waals surface area (Å²) in [5.74, 6) is -4.61. The summed E-state index contributed by atoms with van der Waals surface area (Å²) in [6.07, 6.45) is 0. The second kappa shape index (κ2) is 25.9. The molecule has 0 spiro atoms. The molecule has 0 aliphatic heterocycles. The van der Waals surface area contributed by atoms with Crippen LogP contribution in [-0.4, -0.2) is 137 Å². The first-order valence-electron chi connectivity index (χ1n) is 25.4. The third-order valence-corrected chi connectivity index (χ3v) is 21.4. The molecule has 0 fully saturated rings. The van der Waals surface area contributed by atoms with Crippen molar-refractivity contribution in [2.24, 2.45) is 51.1 Å². The molecule has 53 heteroatoms. The number of nitrogens with two attached hydrogens (primary N) is 1. The van der Waals surface area contributed by atoms with Gasteiger partial charge in [-0.25, -0.2) is 0 Å². The molecule has 9 rings (SSSR count). The van der Waals surface area contributed by atoms with Gasteiger partial charge in [-0.05, 0) is 103 Å². The number of fused-ring (bicyclic) bond motifs is 3. The quantitative estimate of drug-likeness (QED) is 0.0111. The van der Waals surface area contributed by atoms with E-state index in [4.69, 9.17) is 5.73 Å². The fourth-order valence-electron chi connectivity index (χ4n) is 9.12. The lowest BCUT2D eigenvalue weighted by Crippen LogP contribution is -2.04. The fraction of sp³-hybridized carbons (Fsp3) is 0. The van der Waals surface area contributed by atoms with Crippen LogP contribution < -0.4 is 5.73 Å². The number of hydrogen-bond acceptors (Lipinski definition) is 34. The Bertz CT molecular complexity index is 6480. The van der Waals surface area contributed by atoms with Gasteiger partial charge < -0.3 is 21.1 Å². The van der Waals surface area contributed by atoms with Gasteiger partial charge >= 0.3 is 0 Å². The van der Waals surface area contributed by atoms with Crippen LogP contribution in [0.1, 0.15) is 0 Å². The third-order valence-electron chi connectivity index (χ3n) is 13.4. The van der Waals surface area contributed by atoms with E-state index >= 15 is 0 Å². The number of hydrogen-bond donors (Lipinski definition) is 13. The molecule has 0 atom stereocenters. The van der Waals surface area contributed by atoms with Crippen LogP contribution in [-0.2, 0) is 91.1 Å². The fourth-order valence-corrected chi connectivity index (χ4v) is 15.0. The van der Waals surface area contributed by atoms with Gasteiger partial charge in [-0.2, -0.15) is 86.0 Å². The number of benzene rings is 9. The van der Waals surface area contributed by atoms with Gasteiger partial charge in [0.15, 0.2) is 22.9 Å². The van der Waals surface area contributed by atoms with Crippen molar-refractivity contribution in [3.63, 3.8) is 0 Å². The number of anilines is 1. The monoisotopic (exact) mass is 1580 g/mol. The zero-order valence-electron chi connectivity index (χ0n) is 48.1. The van der Waals surface area contributed by atoms with Crippen molar-refractivity contribution in [1.29, 1.82) is 0 Å². The summed E-state index contributed by atoms with van der Waals surface area (Å²) >= 11 is 0. The van der Waals surface area contributed by atoms with Gasteiger partial charge in [0, 0.05) is 33.0 Å². The second-order valence-corrected chi connectivity index (χ2v) is 32.3. The van der Waals surface area contributed by atoms with E-state index < -0.39 is 246 Å². The molecule has 0 heterocycles. The molecule has 0 amide bonds. The van der Waals surface area contributed by atoms with Crippen LogP contribution in [0.4, 0.5) is 68.2 Å². The molecule has 14 N–H and O–H groups in total. The summed E-state index contributed by atoms with van der Waals surface area (Å²) in [5, 5.41) is 75.6. The summed E-state index contributed by atoms with van der Waals surface area (Å²) < 4.78 is 318. The van der Waals surface area contributed by atoms with Gasteiger partial charge in [-0.3, -0.25) is 51.1 Å². The minimum atomic E-state index is -5.93. The molecule has 101 heavy (non-hydrogen) atoms. The Kier molecular flexibility index (Phi) is 19.2. The highest BCUT2D eigenvalue weighted by molar-refractivity contribution is 7.88. The molecule has 0 bridgehead atoms. The highest BCUT2D eigenvalue weighted by Crippen LogP contribution is 2.52. The molecule has 0 radical (unpaired) electrons. The molecule has 44 nitrogen and oxygen atoms in total. The Hall–Kier alpha value is -10.5. The zero-order valence-corrected chi connectivity index (χ0v) is 55.4. The Labute approximate surface area is 562 Å². The van der Waals surface area contributed by atoms with Gasteiger partial charge in [-0.15, -0.1) is 40.9 Å². The van der Waals surface area contributed by atoms with Gasteiger partial charge in [0.25, 0.3) is 96.8 Å². The Morgan fingerprint density at radius 2 is 0.663 bits per heavy atom. The number of phenols is 3. The number of azo groups is 5. The zero-order chi connectivity index (χ0) is 75.2. The first-order chi connectivity index (χ1) is 46.3. The minimum Gasteiger partial charge on any atom is -0.505 e. The summed E-state index contributed by atoms with van der Waals surface area (Å²) in [4.78, 5) is -1.64. The Morgan fingerprint density at radius 3 is 1.09 bits per heavy atom. The lowest BCUT2D eigenvalue weighted by Gasteiger charge is -2.15. The maximum Gasteiger partial charge on any atom is 0.298 e. The standard InChI is InChI=1S/C48H32N12O32S9/c49-40-32(18-34(95(72,73)74)27-17-38(99(84,85)86)43(46(63)39(27)40)59-52-28-10-6-22(94(69,70)71)14-33(28)60(64)65)56-54-30-11-7-23-25(47(30)100(87,88)89)15-37(98(81,82)83)42(45(23)62)58-55-31-12-8-24-26(48(31)101(90,91)92)16-36(97(78,79)80)41(44(24)61)57-53-29-9-3-20(13-35(29)96(75,76)77)51-50-19-1-4-21(5-2-19)93(66,67)68/h1-18,61-63H,49H2,(H,66,67,68)(H,69,70,71)(H,72,73,74)(H,75,76,77)(H,78,79,80)(H,81,82,83)(H,84,85,86)(H,87,88,89)(H,90,91,92). The van der Waals surface area contributed by atoms with Crippen molar-refractivity contribution < 1.29 is 137 Å². The third kappa shape index (κ3) is 15.5. The molecule has 0 unspecified atom stereocenters. The molecule has 0 aromatic heterocycles. The smallest absolute Gasteiger partial charge is 0.298 e. The number of nitro groups is 1. The first kappa shape index (κ1) is 74.8. The topological polar surface area (TPSA) is 743 Å². The largest absolute Gasteiger partial charge is 0.505 e. The van der Waals surface area contributed by atoms with Crippen LogP contribution in [0, 0.1) is 10.1 Å². The summed E-state index contributed by atoms with van der Waals surface area (Å²) in [5.41, 5.74) is -5.93. The van der Waals surface area contributed by atoms with Crippen molar-refractivity contribution in [2.75, 3.05) is 5.73 Å². The van der Waals surface area contributed by atoms with Crippen LogP contribution in [0.25, 0.3) is 32.3 Å².